The van der Waals surface area contributed by atoms with Crippen molar-refractivity contribution in [3.8, 4) is 5.75 Å². The molecule has 3 N–H and O–H groups in total. The summed E-state index contributed by atoms with van der Waals surface area (Å²) >= 11 is 4.70. The van der Waals surface area contributed by atoms with E-state index in [0.29, 0.717) is 18.0 Å². The van der Waals surface area contributed by atoms with Crippen molar-refractivity contribution in [2.45, 2.75) is 6.42 Å². The number of aromatic hydroxyl groups is 1. The van der Waals surface area contributed by atoms with E-state index >= 15 is 0 Å². The number of halogens is 1. The van der Waals surface area contributed by atoms with Crippen LogP contribution in [0.4, 0.5) is 4.39 Å². The van der Waals surface area contributed by atoms with Crippen molar-refractivity contribution in [1.82, 2.24) is 4.90 Å². The van der Waals surface area contributed by atoms with Gasteiger partial charge in [-0.3, -0.25) is 4.79 Å². The number of carbonyl (C=O) groups excluding carboxylic acids is 1. The van der Waals surface area contributed by atoms with Crippen LogP contribution in [0.2, 0.25) is 0 Å². The first-order valence-corrected chi connectivity index (χ1v) is 5.35. The molecule has 92 valence electrons. The summed E-state index contributed by atoms with van der Waals surface area (Å²) < 4.78 is 12.7. The molecule has 6 heteroatoms. The number of carbonyl (C=O) groups is 1. The summed E-state index contributed by atoms with van der Waals surface area (Å²) in [5.41, 5.74) is 5.38. The molecule has 0 aromatic heterocycles. The maximum Gasteiger partial charge on any atom is 0.257 e. The molecule has 0 heterocycles. The van der Waals surface area contributed by atoms with Gasteiger partial charge >= 0.3 is 0 Å². The maximum absolute atomic E-state index is 12.7. The van der Waals surface area contributed by atoms with Crippen LogP contribution in [0, 0.1) is 5.82 Å². The van der Waals surface area contributed by atoms with Crippen molar-refractivity contribution in [3.05, 3.63) is 29.6 Å². The van der Waals surface area contributed by atoms with Gasteiger partial charge in [0.2, 0.25) is 0 Å². The van der Waals surface area contributed by atoms with Crippen molar-refractivity contribution >= 4 is 23.1 Å². The molecule has 0 unspecified atom stereocenters. The first-order valence-electron chi connectivity index (χ1n) is 4.94. The summed E-state index contributed by atoms with van der Waals surface area (Å²) in [5, 5.41) is 9.45. The second-order valence-corrected chi connectivity index (χ2v) is 4.13. The van der Waals surface area contributed by atoms with Crippen LogP contribution in [0.3, 0.4) is 0 Å². The van der Waals surface area contributed by atoms with E-state index in [-0.39, 0.29) is 11.3 Å². The zero-order chi connectivity index (χ0) is 13.0. The second kappa shape index (κ2) is 5.58. The third-order valence-electron chi connectivity index (χ3n) is 2.23. The number of thiocarbonyl (C=S) groups is 1. The Morgan fingerprint density at radius 3 is 2.76 bits per heavy atom. The van der Waals surface area contributed by atoms with Crippen LogP contribution in [-0.4, -0.2) is 34.5 Å². The molecule has 0 aliphatic heterocycles. The lowest BCUT2D eigenvalue weighted by atomic mass is 10.1. The molecule has 1 aromatic rings. The molecule has 4 nitrogen and oxygen atoms in total. The third kappa shape index (κ3) is 3.67. The van der Waals surface area contributed by atoms with Gasteiger partial charge in [0.1, 0.15) is 11.6 Å². The Labute approximate surface area is 104 Å². The summed E-state index contributed by atoms with van der Waals surface area (Å²) in [6, 6.07) is 3.26. The average molecular weight is 256 g/mol. The molecule has 1 rings (SSSR count). The highest BCUT2D eigenvalue weighted by Crippen LogP contribution is 2.19. The maximum atomic E-state index is 12.7. The van der Waals surface area contributed by atoms with Crippen molar-refractivity contribution in [2.75, 3.05) is 13.6 Å². The molecule has 0 fully saturated rings. The van der Waals surface area contributed by atoms with Crippen molar-refractivity contribution in [2.24, 2.45) is 5.73 Å². The minimum atomic E-state index is -0.593. The smallest absolute Gasteiger partial charge is 0.257 e. The van der Waals surface area contributed by atoms with Gasteiger partial charge in [0, 0.05) is 26.1 Å². The number of amides is 1. The first kappa shape index (κ1) is 13.4. The number of nitrogens with two attached hydrogens (primary N) is 1. The number of hydrogen-bond donors (Lipinski definition) is 2. The van der Waals surface area contributed by atoms with E-state index in [4.69, 9.17) is 18.0 Å². The number of phenolic OH excluding ortho intramolecular Hbond substituents is 1. The van der Waals surface area contributed by atoms with Gasteiger partial charge in [-0.2, -0.15) is 0 Å². The standard InChI is InChI=1S/C11H13FN2O2S/c1-14(5-4-10(13)17)11(16)8-3-2-7(12)6-9(8)15/h2-3,6,15H,4-5H2,1H3,(H2,13,17). The van der Waals surface area contributed by atoms with E-state index in [0.717, 1.165) is 12.1 Å². The number of rotatable bonds is 4. The Bertz CT molecular complexity index is 451. The molecule has 0 bridgehead atoms. The number of hydrogen-bond acceptors (Lipinski definition) is 3. The highest BCUT2D eigenvalue weighted by atomic mass is 32.1. The van der Waals surface area contributed by atoms with Gasteiger partial charge < -0.3 is 15.7 Å². The number of benzene rings is 1. The van der Waals surface area contributed by atoms with Crippen molar-refractivity contribution < 1.29 is 14.3 Å². The fourth-order valence-corrected chi connectivity index (χ4v) is 1.36. The quantitative estimate of drug-likeness (QED) is 0.796. The molecular formula is C11H13FN2O2S. The molecule has 17 heavy (non-hydrogen) atoms. The van der Waals surface area contributed by atoms with E-state index in [9.17, 15) is 14.3 Å². The predicted octanol–water partition coefficient (Wildman–Crippen LogP) is 1.28. The lowest BCUT2D eigenvalue weighted by Crippen LogP contribution is -2.30. The molecule has 0 saturated heterocycles. The van der Waals surface area contributed by atoms with Gasteiger partial charge in [-0.15, -0.1) is 0 Å². The van der Waals surface area contributed by atoms with Gasteiger partial charge in [0.15, 0.2) is 0 Å². The van der Waals surface area contributed by atoms with Crippen LogP contribution in [-0.2, 0) is 0 Å². The first-order chi connectivity index (χ1) is 7.91. The molecule has 0 atom stereocenters. The van der Waals surface area contributed by atoms with Crippen LogP contribution in [0.5, 0.6) is 5.75 Å². The summed E-state index contributed by atoms with van der Waals surface area (Å²) in [6.07, 6.45) is 0.402. The third-order valence-corrected chi connectivity index (χ3v) is 2.43. The Morgan fingerprint density at radius 2 is 2.24 bits per heavy atom. The van der Waals surface area contributed by atoms with Crippen LogP contribution in [0.1, 0.15) is 16.8 Å². The van der Waals surface area contributed by atoms with Gasteiger partial charge in [-0.25, -0.2) is 4.39 Å². The van der Waals surface area contributed by atoms with Gasteiger partial charge in [0.05, 0.1) is 10.6 Å². The second-order valence-electron chi connectivity index (χ2n) is 3.60. The molecule has 0 saturated carbocycles. The monoisotopic (exact) mass is 256 g/mol. The van der Waals surface area contributed by atoms with Crippen LogP contribution >= 0.6 is 12.2 Å². The Hall–Kier alpha value is -1.69. The molecular weight excluding hydrogens is 243 g/mol. The van der Waals surface area contributed by atoms with Crippen LogP contribution in [0.25, 0.3) is 0 Å². The van der Waals surface area contributed by atoms with Crippen molar-refractivity contribution in [3.63, 3.8) is 0 Å². The van der Waals surface area contributed by atoms with Crippen LogP contribution < -0.4 is 5.73 Å². The Balaban J connectivity index is 2.78. The van der Waals surface area contributed by atoms with Gasteiger partial charge in [-0.05, 0) is 12.1 Å². The zero-order valence-electron chi connectivity index (χ0n) is 9.31. The number of nitrogens with zero attached hydrogens (tertiary/aromatic N) is 1. The Morgan fingerprint density at radius 1 is 1.59 bits per heavy atom. The fraction of sp³-hybridized carbons (Fsp3) is 0.273. The van der Waals surface area contributed by atoms with Gasteiger partial charge in [-0.1, -0.05) is 12.2 Å². The number of phenols is 1. The minimum absolute atomic E-state index is 0.0526. The van der Waals surface area contributed by atoms with E-state index in [1.807, 2.05) is 0 Å². The SMILES string of the molecule is CN(CCC(N)=S)C(=O)c1ccc(F)cc1O. The lowest BCUT2D eigenvalue weighted by molar-refractivity contribution is 0.0796. The average Bonchev–Trinajstić information content (AvgIpc) is 2.25. The van der Waals surface area contributed by atoms with Crippen molar-refractivity contribution in [1.29, 1.82) is 0 Å². The van der Waals surface area contributed by atoms with E-state index in [1.165, 1.54) is 11.0 Å². The highest BCUT2D eigenvalue weighted by molar-refractivity contribution is 7.80. The molecule has 1 amide bonds. The fourth-order valence-electron chi connectivity index (χ4n) is 1.27. The summed E-state index contributed by atoms with van der Waals surface area (Å²) in [7, 11) is 1.56. The molecule has 0 aliphatic carbocycles. The lowest BCUT2D eigenvalue weighted by Gasteiger charge is -2.17. The van der Waals surface area contributed by atoms with Crippen LogP contribution in [0.15, 0.2) is 18.2 Å². The van der Waals surface area contributed by atoms with E-state index in [1.54, 1.807) is 7.05 Å². The molecule has 0 radical (unpaired) electrons. The predicted molar refractivity (Wildman–Crippen MR) is 66.4 cm³/mol. The Kier molecular flexibility index (Phi) is 4.39. The summed E-state index contributed by atoms with van der Waals surface area (Å²) in [4.78, 5) is 13.5. The highest BCUT2D eigenvalue weighted by Gasteiger charge is 2.16. The van der Waals surface area contributed by atoms with Gasteiger partial charge in [0.25, 0.3) is 5.91 Å². The van der Waals surface area contributed by atoms with E-state index < -0.39 is 11.7 Å². The summed E-state index contributed by atoms with van der Waals surface area (Å²) in [5.74, 6) is -1.37. The molecule has 1 aromatic carbocycles. The minimum Gasteiger partial charge on any atom is -0.507 e. The normalized spacial score (nSPS) is 10.0. The largest absolute Gasteiger partial charge is 0.507 e. The van der Waals surface area contributed by atoms with E-state index in [2.05, 4.69) is 0 Å². The topological polar surface area (TPSA) is 66.6 Å². The molecule has 0 aliphatic rings. The summed E-state index contributed by atoms with van der Waals surface area (Å²) in [6.45, 7) is 0.352. The zero-order valence-corrected chi connectivity index (χ0v) is 10.1. The molecule has 0 spiro atoms.